The van der Waals surface area contributed by atoms with Gasteiger partial charge in [0.2, 0.25) is 0 Å². The molecule has 1 rings (SSSR count). The van der Waals surface area contributed by atoms with Crippen LogP contribution in [-0.2, 0) is 0 Å². The van der Waals surface area contributed by atoms with Crippen LogP contribution in [-0.4, -0.2) is 35.8 Å². The summed E-state index contributed by atoms with van der Waals surface area (Å²) >= 11 is 0. The highest BCUT2D eigenvalue weighted by Gasteiger charge is 1.97. The molecule has 0 unspecified atom stereocenters. The van der Waals surface area contributed by atoms with Crippen LogP contribution in [0.25, 0.3) is 0 Å². The third-order valence-corrected chi connectivity index (χ3v) is 2.34. The summed E-state index contributed by atoms with van der Waals surface area (Å²) in [6.45, 7) is 5.97. The number of aryl methyl sites for hydroxylation is 1. The van der Waals surface area contributed by atoms with Gasteiger partial charge in [0, 0.05) is 18.8 Å². The van der Waals surface area contributed by atoms with E-state index in [0.29, 0.717) is 0 Å². The van der Waals surface area contributed by atoms with Crippen LogP contribution in [0.15, 0.2) is 18.3 Å². The lowest BCUT2D eigenvalue weighted by atomic mass is 10.3. The van der Waals surface area contributed by atoms with Crippen molar-refractivity contribution in [1.82, 2.24) is 10.3 Å². The Balaban J connectivity index is 2.09. The van der Waals surface area contributed by atoms with Crippen LogP contribution >= 0.6 is 0 Å². The number of anilines is 1. The van der Waals surface area contributed by atoms with Crippen LogP contribution in [0.4, 0.5) is 5.82 Å². The van der Waals surface area contributed by atoms with Crippen LogP contribution in [0, 0.1) is 6.92 Å². The van der Waals surface area contributed by atoms with Crippen LogP contribution in [0.3, 0.4) is 0 Å². The number of hydrogen-bond donors (Lipinski definition) is 3. The molecule has 1 aromatic rings. The molecule has 0 aliphatic rings. The first kappa shape index (κ1) is 12.9. The molecule has 1 aromatic heterocycles. The van der Waals surface area contributed by atoms with Crippen molar-refractivity contribution < 1.29 is 5.11 Å². The fourth-order valence-corrected chi connectivity index (χ4v) is 1.29. The molecule has 0 aromatic carbocycles. The Morgan fingerprint density at radius 1 is 1.38 bits per heavy atom. The van der Waals surface area contributed by atoms with E-state index in [-0.39, 0.29) is 12.6 Å². The number of rotatable bonds is 7. The van der Waals surface area contributed by atoms with Crippen molar-refractivity contribution in [2.75, 3.05) is 25.0 Å². The molecule has 1 heterocycles. The Kier molecular flexibility index (Phi) is 5.82. The normalized spacial score (nSPS) is 12.4. The highest BCUT2D eigenvalue weighted by molar-refractivity contribution is 5.34. The molecular weight excluding hydrogens is 202 g/mol. The van der Waals surface area contributed by atoms with Crippen LogP contribution in [0.1, 0.15) is 18.9 Å². The van der Waals surface area contributed by atoms with Crippen molar-refractivity contribution in [2.24, 2.45) is 0 Å². The summed E-state index contributed by atoms with van der Waals surface area (Å²) < 4.78 is 0. The monoisotopic (exact) mass is 223 g/mol. The van der Waals surface area contributed by atoms with Gasteiger partial charge in [0.1, 0.15) is 5.82 Å². The summed E-state index contributed by atoms with van der Waals surface area (Å²) in [6, 6.07) is 4.21. The summed E-state index contributed by atoms with van der Waals surface area (Å²) in [5, 5.41) is 15.3. The molecule has 0 bridgehead atoms. The van der Waals surface area contributed by atoms with Gasteiger partial charge in [0.05, 0.1) is 6.61 Å². The van der Waals surface area contributed by atoms with Crippen LogP contribution in [0.2, 0.25) is 0 Å². The average molecular weight is 223 g/mol. The first-order valence-electron chi connectivity index (χ1n) is 5.73. The van der Waals surface area contributed by atoms with E-state index in [1.807, 2.05) is 32.2 Å². The number of nitrogens with one attached hydrogen (secondary N) is 2. The minimum Gasteiger partial charge on any atom is -0.395 e. The van der Waals surface area contributed by atoms with E-state index in [4.69, 9.17) is 5.11 Å². The number of aliphatic hydroxyl groups is 1. The fourth-order valence-electron chi connectivity index (χ4n) is 1.29. The second kappa shape index (κ2) is 7.19. The first-order chi connectivity index (χ1) is 7.72. The summed E-state index contributed by atoms with van der Waals surface area (Å²) in [5.74, 6) is 0.917. The zero-order chi connectivity index (χ0) is 11.8. The van der Waals surface area contributed by atoms with Crippen molar-refractivity contribution >= 4 is 5.82 Å². The maximum Gasteiger partial charge on any atom is 0.125 e. The number of hydrogen-bond acceptors (Lipinski definition) is 4. The van der Waals surface area contributed by atoms with Crippen LogP contribution in [0.5, 0.6) is 0 Å². The third-order valence-electron chi connectivity index (χ3n) is 2.34. The molecule has 3 N–H and O–H groups in total. The minimum absolute atomic E-state index is 0.178. The van der Waals surface area contributed by atoms with Gasteiger partial charge in [-0.25, -0.2) is 4.98 Å². The standard InChI is InChI=1S/C12H21N3O/c1-10-4-5-12(15-8-10)14-7-3-6-13-11(2)9-16/h4-5,8,11,13,16H,3,6-7,9H2,1-2H3,(H,14,15)/t11-/m0/s1. The molecule has 1 atom stereocenters. The van der Waals surface area contributed by atoms with Gasteiger partial charge in [-0.05, 0) is 38.4 Å². The highest BCUT2D eigenvalue weighted by atomic mass is 16.3. The number of aliphatic hydroxyl groups excluding tert-OH is 1. The maximum absolute atomic E-state index is 8.81. The molecule has 4 heteroatoms. The van der Waals surface area contributed by atoms with Crippen molar-refractivity contribution in [3.63, 3.8) is 0 Å². The van der Waals surface area contributed by atoms with Gasteiger partial charge in [-0.1, -0.05) is 6.07 Å². The van der Waals surface area contributed by atoms with Crippen molar-refractivity contribution in [3.05, 3.63) is 23.9 Å². The van der Waals surface area contributed by atoms with Gasteiger partial charge in [-0.15, -0.1) is 0 Å². The quantitative estimate of drug-likeness (QED) is 0.607. The molecule has 0 saturated carbocycles. The van der Waals surface area contributed by atoms with Gasteiger partial charge in [0.25, 0.3) is 0 Å². The van der Waals surface area contributed by atoms with E-state index in [2.05, 4.69) is 15.6 Å². The lowest BCUT2D eigenvalue weighted by molar-refractivity contribution is 0.252. The predicted molar refractivity (Wildman–Crippen MR) is 66.6 cm³/mol. The molecular formula is C12H21N3O. The Morgan fingerprint density at radius 2 is 2.19 bits per heavy atom. The Labute approximate surface area is 97.1 Å². The number of nitrogens with zero attached hydrogens (tertiary/aromatic N) is 1. The van der Waals surface area contributed by atoms with E-state index in [0.717, 1.165) is 25.3 Å². The van der Waals surface area contributed by atoms with E-state index in [1.54, 1.807) is 0 Å². The van der Waals surface area contributed by atoms with E-state index in [9.17, 15) is 0 Å². The smallest absolute Gasteiger partial charge is 0.125 e. The fraction of sp³-hybridized carbons (Fsp3) is 0.583. The van der Waals surface area contributed by atoms with Crippen molar-refractivity contribution in [1.29, 1.82) is 0 Å². The number of aromatic nitrogens is 1. The van der Waals surface area contributed by atoms with Gasteiger partial charge in [-0.3, -0.25) is 0 Å². The molecule has 0 spiro atoms. The van der Waals surface area contributed by atoms with Crippen molar-refractivity contribution in [3.8, 4) is 0 Å². The van der Waals surface area contributed by atoms with Gasteiger partial charge in [0.15, 0.2) is 0 Å². The lowest BCUT2D eigenvalue weighted by Crippen LogP contribution is -2.30. The Hall–Kier alpha value is -1.13. The Morgan fingerprint density at radius 3 is 2.81 bits per heavy atom. The third kappa shape index (κ3) is 5.09. The van der Waals surface area contributed by atoms with Crippen molar-refractivity contribution in [2.45, 2.75) is 26.3 Å². The molecule has 16 heavy (non-hydrogen) atoms. The second-order valence-electron chi connectivity index (χ2n) is 4.04. The topological polar surface area (TPSA) is 57.2 Å². The molecule has 0 amide bonds. The summed E-state index contributed by atoms with van der Waals surface area (Å²) in [5.41, 5.74) is 1.17. The first-order valence-corrected chi connectivity index (χ1v) is 5.73. The lowest BCUT2D eigenvalue weighted by Gasteiger charge is -2.10. The van der Waals surface area contributed by atoms with Gasteiger partial charge in [-0.2, -0.15) is 0 Å². The summed E-state index contributed by atoms with van der Waals surface area (Å²) in [4.78, 5) is 4.26. The molecule has 90 valence electrons. The maximum atomic E-state index is 8.81. The van der Waals surface area contributed by atoms with E-state index in [1.165, 1.54) is 5.56 Å². The average Bonchev–Trinajstić information content (AvgIpc) is 2.31. The summed E-state index contributed by atoms with van der Waals surface area (Å²) in [6.07, 6.45) is 2.87. The molecule has 0 aliphatic carbocycles. The minimum atomic E-state index is 0.178. The zero-order valence-corrected chi connectivity index (χ0v) is 10.0. The molecule has 0 fully saturated rings. The molecule has 4 nitrogen and oxygen atoms in total. The summed E-state index contributed by atoms with van der Waals surface area (Å²) in [7, 11) is 0. The van der Waals surface area contributed by atoms with E-state index >= 15 is 0 Å². The number of pyridine rings is 1. The molecule has 0 radical (unpaired) electrons. The van der Waals surface area contributed by atoms with Gasteiger partial charge >= 0.3 is 0 Å². The van der Waals surface area contributed by atoms with E-state index < -0.39 is 0 Å². The van der Waals surface area contributed by atoms with Crippen LogP contribution < -0.4 is 10.6 Å². The second-order valence-corrected chi connectivity index (χ2v) is 4.04. The molecule has 0 saturated heterocycles. The Bertz CT molecular complexity index is 287. The largest absolute Gasteiger partial charge is 0.395 e. The zero-order valence-electron chi connectivity index (χ0n) is 10.0. The predicted octanol–water partition coefficient (Wildman–Crippen LogP) is 1.16. The van der Waals surface area contributed by atoms with Gasteiger partial charge < -0.3 is 15.7 Å². The highest BCUT2D eigenvalue weighted by Crippen LogP contribution is 2.03. The SMILES string of the molecule is Cc1ccc(NCCCN[C@@H](C)CO)nc1. The molecule has 0 aliphatic heterocycles.